The van der Waals surface area contributed by atoms with Crippen LogP contribution in [0, 0.1) is 0 Å². The molecule has 0 aliphatic rings. The minimum Gasteiger partial charge on any atom is -0.481 e. The van der Waals surface area contributed by atoms with E-state index in [1.807, 2.05) is 42.5 Å². The third kappa shape index (κ3) is 3.93. The molecule has 0 bridgehead atoms. The molecule has 19 heavy (non-hydrogen) atoms. The Morgan fingerprint density at radius 2 is 1.74 bits per heavy atom. The van der Waals surface area contributed by atoms with Gasteiger partial charge in [0.15, 0.2) is 0 Å². The lowest BCUT2D eigenvalue weighted by Crippen LogP contribution is -2.15. The molecule has 3 nitrogen and oxygen atoms in total. The molecule has 0 aromatic heterocycles. The number of aliphatic carboxylic acids is 1. The standard InChI is InChI=1S/C16H17NO2/c17-15(11-16(18)19)14-8-4-7-13(10-14)9-12-5-2-1-3-6-12/h1-8,10,15H,9,11,17H2,(H,18,19)/t15-/m0/s1. The molecule has 0 unspecified atom stereocenters. The van der Waals surface area contributed by atoms with Crippen molar-refractivity contribution in [3.63, 3.8) is 0 Å². The summed E-state index contributed by atoms with van der Waals surface area (Å²) in [5.74, 6) is -0.874. The summed E-state index contributed by atoms with van der Waals surface area (Å²) >= 11 is 0. The predicted molar refractivity (Wildman–Crippen MR) is 74.9 cm³/mol. The Morgan fingerprint density at radius 1 is 1.05 bits per heavy atom. The maximum atomic E-state index is 10.7. The van der Waals surface area contributed by atoms with Gasteiger partial charge in [0.25, 0.3) is 0 Å². The second-order valence-electron chi connectivity index (χ2n) is 4.61. The molecule has 0 heterocycles. The molecule has 0 fully saturated rings. The highest BCUT2D eigenvalue weighted by atomic mass is 16.4. The Morgan fingerprint density at radius 3 is 2.42 bits per heavy atom. The van der Waals surface area contributed by atoms with Crippen LogP contribution in [0.3, 0.4) is 0 Å². The normalized spacial score (nSPS) is 12.1. The van der Waals surface area contributed by atoms with E-state index < -0.39 is 12.0 Å². The summed E-state index contributed by atoms with van der Waals surface area (Å²) in [4.78, 5) is 10.7. The zero-order valence-corrected chi connectivity index (χ0v) is 10.6. The van der Waals surface area contributed by atoms with Crippen LogP contribution in [0.4, 0.5) is 0 Å². The van der Waals surface area contributed by atoms with Crippen molar-refractivity contribution in [3.05, 3.63) is 71.3 Å². The zero-order valence-electron chi connectivity index (χ0n) is 10.6. The van der Waals surface area contributed by atoms with Gasteiger partial charge in [-0.05, 0) is 23.1 Å². The summed E-state index contributed by atoms with van der Waals surface area (Å²) in [5.41, 5.74) is 9.12. The molecule has 0 spiro atoms. The van der Waals surface area contributed by atoms with Crippen LogP contribution in [0.2, 0.25) is 0 Å². The maximum Gasteiger partial charge on any atom is 0.305 e. The summed E-state index contributed by atoms with van der Waals surface area (Å²) in [6.07, 6.45) is 0.781. The molecule has 0 saturated heterocycles. The molecule has 2 aromatic carbocycles. The Labute approximate surface area is 112 Å². The molecule has 2 aromatic rings. The van der Waals surface area contributed by atoms with Gasteiger partial charge in [0.1, 0.15) is 0 Å². The fourth-order valence-electron chi connectivity index (χ4n) is 2.07. The van der Waals surface area contributed by atoms with Crippen molar-refractivity contribution in [3.8, 4) is 0 Å². The lowest BCUT2D eigenvalue weighted by atomic mass is 9.98. The molecular formula is C16H17NO2. The Hall–Kier alpha value is -2.13. The first-order chi connectivity index (χ1) is 9.15. The molecule has 3 N–H and O–H groups in total. The molecule has 0 amide bonds. The predicted octanol–water partition coefficient (Wildman–Crippen LogP) is 2.75. The van der Waals surface area contributed by atoms with Crippen molar-refractivity contribution < 1.29 is 9.90 Å². The third-order valence-electron chi connectivity index (χ3n) is 3.02. The molecular weight excluding hydrogens is 238 g/mol. The summed E-state index contributed by atoms with van der Waals surface area (Å²) in [7, 11) is 0. The van der Waals surface area contributed by atoms with Crippen LogP contribution in [0.5, 0.6) is 0 Å². The number of hydrogen-bond acceptors (Lipinski definition) is 2. The van der Waals surface area contributed by atoms with Crippen LogP contribution in [0.1, 0.15) is 29.2 Å². The van der Waals surface area contributed by atoms with Crippen molar-refractivity contribution in [1.82, 2.24) is 0 Å². The average Bonchev–Trinajstić information content (AvgIpc) is 2.39. The lowest BCUT2D eigenvalue weighted by molar-refractivity contribution is -0.137. The van der Waals surface area contributed by atoms with Crippen LogP contribution in [0.15, 0.2) is 54.6 Å². The zero-order chi connectivity index (χ0) is 13.7. The number of benzene rings is 2. The quantitative estimate of drug-likeness (QED) is 0.863. The van der Waals surface area contributed by atoms with E-state index in [2.05, 4.69) is 12.1 Å². The molecule has 2 rings (SSSR count). The average molecular weight is 255 g/mol. The lowest BCUT2D eigenvalue weighted by Gasteiger charge is -2.11. The SMILES string of the molecule is N[C@@H](CC(=O)O)c1cccc(Cc2ccccc2)c1. The molecule has 1 atom stereocenters. The van der Waals surface area contributed by atoms with Crippen molar-refractivity contribution in [1.29, 1.82) is 0 Å². The number of carbonyl (C=O) groups is 1. The second-order valence-corrected chi connectivity index (χ2v) is 4.61. The van der Waals surface area contributed by atoms with Gasteiger partial charge in [0.05, 0.1) is 6.42 Å². The molecule has 3 heteroatoms. The largest absolute Gasteiger partial charge is 0.481 e. The fraction of sp³-hybridized carbons (Fsp3) is 0.188. The van der Waals surface area contributed by atoms with Crippen molar-refractivity contribution >= 4 is 5.97 Å². The van der Waals surface area contributed by atoms with Crippen LogP contribution < -0.4 is 5.73 Å². The van der Waals surface area contributed by atoms with Crippen LogP contribution in [-0.2, 0) is 11.2 Å². The number of hydrogen-bond donors (Lipinski definition) is 2. The van der Waals surface area contributed by atoms with E-state index in [0.29, 0.717) is 0 Å². The number of carboxylic acid groups (broad SMARTS) is 1. The van der Waals surface area contributed by atoms with Gasteiger partial charge < -0.3 is 10.8 Å². The summed E-state index contributed by atoms with van der Waals surface area (Å²) < 4.78 is 0. The van der Waals surface area contributed by atoms with Gasteiger partial charge in [-0.2, -0.15) is 0 Å². The van der Waals surface area contributed by atoms with Gasteiger partial charge >= 0.3 is 5.97 Å². The van der Waals surface area contributed by atoms with Crippen LogP contribution >= 0.6 is 0 Å². The highest BCUT2D eigenvalue weighted by Gasteiger charge is 2.10. The van der Waals surface area contributed by atoms with Gasteiger partial charge in [-0.1, -0.05) is 54.6 Å². The molecule has 0 radical (unpaired) electrons. The Bertz CT molecular complexity index is 552. The molecule has 98 valence electrons. The van der Waals surface area contributed by atoms with Gasteiger partial charge in [0, 0.05) is 6.04 Å². The minimum absolute atomic E-state index is 0.0468. The number of nitrogens with two attached hydrogens (primary N) is 1. The third-order valence-corrected chi connectivity index (χ3v) is 3.02. The summed E-state index contributed by atoms with van der Waals surface area (Å²) in [6, 6.07) is 17.5. The summed E-state index contributed by atoms with van der Waals surface area (Å²) in [6.45, 7) is 0. The van der Waals surface area contributed by atoms with Crippen molar-refractivity contribution in [2.24, 2.45) is 5.73 Å². The first kappa shape index (κ1) is 13.3. The molecule has 0 saturated carbocycles. The molecule has 0 aliphatic carbocycles. The van der Waals surface area contributed by atoms with Gasteiger partial charge in [-0.15, -0.1) is 0 Å². The van der Waals surface area contributed by atoms with E-state index in [1.54, 1.807) is 0 Å². The van der Waals surface area contributed by atoms with E-state index in [-0.39, 0.29) is 6.42 Å². The smallest absolute Gasteiger partial charge is 0.305 e. The van der Waals surface area contributed by atoms with Gasteiger partial charge in [0.2, 0.25) is 0 Å². The molecule has 0 aliphatic heterocycles. The van der Waals surface area contributed by atoms with Crippen molar-refractivity contribution in [2.75, 3.05) is 0 Å². The van der Waals surface area contributed by atoms with E-state index in [0.717, 1.165) is 17.5 Å². The van der Waals surface area contributed by atoms with Gasteiger partial charge in [-0.3, -0.25) is 4.79 Å². The van der Waals surface area contributed by atoms with E-state index >= 15 is 0 Å². The topological polar surface area (TPSA) is 63.3 Å². The first-order valence-corrected chi connectivity index (χ1v) is 6.25. The highest BCUT2D eigenvalue weighted by Crippen LogP contribution is 2.17. The minimum atomic E-state index is -0.874. The Kier molecular flexibility index (Phi) is 4.31. The van der Waals surface area contributed by atoms with Crippen LogP contribution in [-0.4, -0.2) is 11.1 Å². The van der Waals surface area contributed by atoms with E-state index in [1.165, 1.54) is 5.56 Å². The first-order valence-electron chi connectivity index (χ1n) is 6.25. The highest BCUT2D eigenvalue weighted by molar-refractivity contribution is 5.67. The van der Waals surface area contributed by atoms with E-state index in [9.17, 15) is 4.79 Å². The van der Waals surface area contributed by atoms with Gasteiger partial charge in [-0.25, -0.2) is 0 Å². The summed E-state index contributed by atoms with van der Waals surface area (Å²) in [5, 5.41) is 8.77. The second kappa shape index (κ2) is 6.16. The van der Waals surface area contributed by atoms with E-state index in [4.69, 9.17) is 10.8 Å². The maximum absolute atomic E-state index is 10.7. The fourth-order valence-corrected chi connectivity index (χ4v) is 2.07. The Balaban J connectivity index is 2.13. The number of rotatable bonds is 5. The number of carboxylic acids is 1. The van der Waals surface area contributed by atoms with Crippen LogP contribution in [0.25, 0.3) is 0 Å². The monoisotopic (exact) mass is 255 g/mol. The van der Waals surface area contributed by atoms with Crippen molar-refractivity contribution in [2.45, 2.75) is 18.9 Å².